The number of ether oxygens (including phenoxy) is 1. The lowest BCUT2D eigenvalue weighted by molar-refractivity contribution is -0.149. The summed E-state index contributed by atoms with van der Waals surface area (Å²) >= 11 is 0. The van der Waals surface area contributed by atoms with E-state index in [9.17, 15) is 19.2 Å². The van der Waals surface area contributed by atoms with Gasteiger partial charge >= 0.3 is 5.97 Å². The smallest absolute Gasteiger partial charge is 0.316 e. The van der Waals surface area contributed by atoms with Crippen molar-refractivity contribution < 1.29 is 23.9 Å². The summed E-state index contributed by atoms with van der Waals surface area (Å²) in [5.41, 5.74) is 0. The minimum absolute atomic E-state index is 0.00925. The molecule has 0 aromatic carbocycles. The highest BCUT2D eigenvalue weighted by molar-refractivity contribution is 5.98. The van der Waals surface area contributed by atoms with Crippen molar-refractivity contribution in [1.82, 2.24) is 9.80 Å². The molecule has 1 unspecified atom stereocenters. The molecule has 0 fully saturated rings. The first-order chi connectivity index (χ1) is 15.2. The Morgan fingerprint density at radius 1 is 0.594 bits per heavy atom. The van der Waals surface area contributed by atoms with E-state index in [2.05, 4.69) is 0 Å². The van der Waals surface area contributed by atoms with E-state index in [4.69, 9.17) is 4.74 Å². The SMILES string of the molecule is COC(=O)C(CCCCCCCC(=O)N(C)C)C(=O)CCCCCCCCC(=O)N(C)C. The average Bonchev–Trinajstić information content (AvgIpc) is 2.76. The highest BCUT2D eigenvalue weighted by Crippen LogP contribution is 2.18. The van der Waals surface area contributed by atoms with E-state index in [1.54, 1.807) is 38.0 Å². The summed E-state index contributed by atoms with van der Waals surface area (Å²) in [4.78, 5) is 50.9. The molecular weight excluding hydrogens is 408 g/mol. The number of amides is 2. The lowest BCUT2D eigenvalue weighted by Gasteiger charge is -2.14. The molecule has 1 atom stereocenters. The molecule has 7 nitrogen and oxygen atoms in total. The van der Waals surface area contributed by atoms with Crippen LogP contribution in [0.2, 0.25) is 0 Å². The van der Waals surface area contributed by atoms with Crippen LogP contribution in [-0.2, 0) is 23.9 Å². The van der Waals surface area contributed by atoms with Crippen LogP contribution in [-0.4, -0.2) is 68.7 Å². The number of carbonyl (C=O) groups is 4. The quantitative estimate of drug-likeness (QED) is 0.164. The molecule has 0 aliphatic rings. The Kier molecular flexibility index (Phi) is 17.5. The van der Waals surface area contributed by atoms with Gasteiger partial charge in [0.2, 0.25) is 11.8 Å². The number of unbranched alkanes of at least 4 members (excludes halogenated alkanes) is 9. The second-order valence-corrected chi connectivity index (χ2v) is 9.05. The van der Waals surface area contributed by atoms with Crippen molar-refractivity contribution >= 4 is 23.6 Å². The van der Waals surface area contributed by atoms with Gasteiger partial charge in [-0.3, -0.25) is 19.2 Å². The van der Waals surface area contributed by atoms with Crippen LogP contribution in [0.3, 0.4) is 0 Å². The first kappa shape index (κ1) is 30.1. The van der Waals surface area contributed by atoms with Gasteiger partial charge in [-0.1, -0.05) is 51.4 Å². The molecule has 0 spiro atoms. The third-order valence-electron chi connectivity index (χ3n) is 5.82. The van der Waals surface area contributed by atoms with Gasteiger partial charge in [-0.05, 0) is 25.7 Å². The van der Waals surface area contributed by atoms with Crippen LogP contribution in [0, 0.1) is 5.92 Å². The van der Waals surface area contributed by atoms with Crippen LogP contribution in [0.1, 0.15) is 96.3 Å². The standard InChI is InChI=1S/C25H46N2O5/c1-26(2)23(29)19-15-11-7-6-10-14-18-22(28)21(25(31)32-5)17-13-9-8-12-16-20-24(30)27(3)4/h21H,6-20H2,1-5H3. The Balaban J connectivity index is 3.95. The number of nitrogens with zero attached hydrogens (tertiary/aromatic N) is 2. The van der Waals surface area contributed by atoms with Gasteiger partial charge < -0.3 is 14.5 Å². The minimum atomic E-state index is -0.646. The summed E-state index contributed by atoms with van der Waals surface area (Å²) in [7, 11) is 8.42. The van der Waals surface area contributed by atoms with Gasteiger partial charge in [-0.15, -0.1) is 0 Å². The molecule has 0 aromatic heterocycles. The van der Waals surface area contributed by atoms with Gasteiger partial charge in [0, 0.05) is 47.5 Å². The molecule has 0 rings (SSSR count). The van der Waals surface area contributed by atoms with Gasteiger partial charge in [0.1, 0.15) is 11.7 Å². The van der Waals surface area contributed by atoms with Crippen molar-refractivity contribution in [2.75, 3.05) is 35.3 Å². The highest BCUT2D eigenvalue weighted by atomic mass is 16.5. The van der Waals surface area contributed by atoms with Crippen LogP contribution < -0.4 is 0 Å². The van der Waals surface area contributed by atoms with Crippen molar-refractivity contribution in [3.63, 3.8) is 0 Å². The minimum Gasteiger partial charge on any atom is -0.468 e. The summed E-state index contributed by atoms with van der Waals surface area (Å²) in [6.45, 7) is 0. The third kappa shape index (κ3) is 15.0. The van der Waals surface area contributed by atoms with Crippen LogP contribution in [0.25, 0.3) is 0 Å². The second kappa shape index (κ2) is 18.6. The molecule has 0 saturated heterocycles. The Morgan fingerprint density at radius 2 is 0.969 bits per heavy atom. The molecule has 0 radical (unpaired) electrons. The molecule has 32 heavy (non-hydrogen) atoms. The fourth-order valence-corrected chi connectivity index (χ4v) is 3.61. The van der Waals surface area contributed by atoms with E-state index in [0.29, 0.717) is 25.7 Å². The van der Waals surface area contributed by atoms with E-state index in [1.165, 1.54) is 7.11 Å². The lowest BCUT2D eigenvalue weighted by Crippen LogP contribution is -2.25. The first-order valence-corrected chi connectivity index (χ1v) is 12.2. The van der Waals surface area contributed by atoms with E-state index in [0.717, 1.165) is 70.6 Å². The second-order valence-electron chi connectivity index (χ2n) is 9.05. The topological polar surface area (TPSA) is 84.0 Å². The number of esters is 1. The van der Waals surface area contributed by atoms with E-state index < -0.39 is 11.9 Å². The molecule has 0 aromatic rings. The monoisotopic (exact) mass is 454 g/mol. The molecule has 7 heteroatoms. The van der Waals surface area contributed by atoms with Gasteiger partial charge in [0.15, 0.2) is 0 Å². The number of carbonyl (C=O) groups excluding carboxylic acids is 4. The summed E-state index contributed by atoms with van der Waals surface area (Å²) in [6, 6.07) is 0. The Bertz CT molecular complexity index is 561. The van der Waals surface area contributed by atoms with E-state index in [1.807, 2.05) is 0 Å². The normalized spacial score (nSPS) is 11.7. The third-order valence-corrected chi connectivity index (χ3v) is 5.82. The summed E-state index contributed by atoms with van der Waals surface area (Å²) in [5.74, 6) is -0.751. The summed E-state index contributed by atoms with van der Waals surface area (Å²) < 4.78 is 4.85. The molecule has 0 aliphatic carbocycles. The Morgan fingerprint density at radius 3 is 1.38 bits per heavy atom. The number of hydrogen-bond acceptors (Lipinski definition) is 5. The molecule has 0 heterocycles. The fraction of sp³-hybridized carbons (Fsp3) is 0.840. The Hall–Kier alpha value is -1.92. The largest absolute Gasteiger partial charge is 0.468 e. The maximum Gasteiger partial charge on any atom is 0.316 e. The fourth-order valence-electron chi connectivity index (χ4n) is 3.61. The number of Topliss-reactive ketones (excluding diaryl/α,β-unsaturated/α-hetero) is 1. The number of hydrogen-bond donors (Lipinski definition) is 0. The van der Waals surface area contributed by atoms with Crippen molar-refractivity contribution in [2.45, 2.75) is 96.3 Å². The van der Waals surface area contributed by atoms with Crippen molar-refractivity contribution in [3.05, 3.63) is 0 Å². The summed E-state index contributed by atoms with van der Waals surface area (Å²) in [6.07, 6.45) is 12.6. The summed E-state index contributed by atoms with van der Waals surface area (Å²) in [5, 5.41) is 0. The van der Waals surface area contributed by atoms with Gasteiger partial charge in [-0.25, -0.2) is 0 Å². The van der Waals surface area contributed by atoms with E-state index >= 15 is 0 Å². The van der Waals surface area contributed by atoms with Crippen LogP contribution in [0.4, 0.5) is 0 Å². The van der Waals surface area contributed by atoms with Crippen molar-refractivity contribution in [3.8, 4) is 0 Å². The molecule has 0 bridgehead atoms. The van der Waals surface area contributed by atoms with Crippen LogP contribution >= 0.6 is 0 Å². The van der Waals surface area contributed by atoms with Gasteiger partial charge in [0.05, 0.1) is 7.11 Å². The molecule has 186 valence electrons. The lowest BCUT2D eigenvalue weighted by atomic mass is 9.93. The van der Waals surface area contributed by atoms with Crippen LogP contribution in [0.15, 0.2) is 0 Å². The number of ketones is 1. The van der Waals surface area contributed by atoms with E-state index in [-0.39, 0.29) is 17.6 Å². The average molecular weight is 455 g/mol. The molecule has 2 amide bonds. The zero-order valence-electron chi connectivity index (χ0n) is 21.1. The molecule has 0 saturated carbocycles. The van der Waals surface area contributed by atoms with Gasteiger partial charge in [0.25, 0.3) is 0 Å². The maximum absolute atomic E-state index is 12.5. The molecular formula is C25H46N2O5. The van der Waals surface area contributed by atoms with Crippen LogP contribution in [0.5, 0.6) is 0 Å². The maximum atomic E-state index is 12.5. The zero-order valence-corrected chi connectivity index (χ0v) is 21.1. The van der Waals surface area contributed by atoms with Crippen molar-refractivity contribution in [1.29, 1.82) is 0 Å². The predicted octanol–water partition coefficient (Wildman–Crippen LogP) is 4.37. The highest BCUT2D eigenvalue weighted by Gasteiger charge is 2.26. The molecule has 0 aliphatic heterocycles. The van der Waals surface area contributed by atoms with Gasteiger partial charge in [-0.2, -0.15) is 0 Å². The number of methoxy groups -OCH3 is 1. The number of rotatable bonds is 19. The van der Waals surface area contributed by atoms with Crippen molar-refractivity contribution in [2.24, 2.45) is 5.92 Å². The first-order valence-electron chi connectivity index (χ1n) is 12.2. The molecule has 0 N–H and O–H groups in total. The predicted molar refractivity (Wildman–Crippen MR) is 127 cm³/mol. The Labute approximate surface area is 195 Å². The zero-order chi connectivity index (χ0) is 24.4.